The molecule has 3 aromatic carbocycles. The third kappa shape index (κ3) is 9.74. The predicted octanol–water partition coefficient (Wildman–Crippen LogP) is 2.12. The van der Waals surface area contributed by atoms with E-state index < -0.39 is 48.5 Å². The van der Waals surface area contributed by atoms with E-state index in [0.29, 0.717) is 21.7 Å². The number of carboxylic acid groups (broad SMARTS) is 1. The number of urea groups is 1. The molecular weight excluding hydrogens is 592 g/mol. The molecule has 0 saturated carbocycles. The van der Waals surface area contributed by atoms with Gasteiger partial charge in [-0.05, 0) is 28.8 Å². The summed E-state index contributed by atoms with van der Waals surface area (Å²) in [5.74, 6) is -3.19. The van der Waals surface area contributed by atoms with Crippen LogP contribution in [0.4, 0.5) is 4.79 Å². The number of rotatable bonds is 15. The number of imidazole rings is 1. The van der Waals surface area contributed by atoms with Gasteiger partial charge < -0.3 is 36.3 Å². The summed E-state index contributed by atoms with van der Waals surface area (Å²) in [6.07, 6.45) is 2.90. The Morgan fingerprint density at radius 3 is 2.15 bits per heavy atom. The first-order chi connectivity index (χ1) is 22.2. The monoisotopic (exact) mass is 628 g/mol. The Morgan fingerprint density at radius 1 is 0.891 bits per heavy atom. The summed E-state index contributed by atoms with van der Waals surface area (Å²) < 4.78 is 5.68. The van der Waals surface area contributed by atoms with Gasteiger partial charge >= 0.3 is 12.0 Å². The number of nitrogens with two attached hydrogens (primary N) is 1. The fourth-order valence-corrected chi connectivity index (χ4v) is 4.61. The van der Waals surface area contributed by atoms with E-state index >= 15 is 0 Å². The summed E-state index contributed by atoms with van der Waals surface area (Å²) >= 11 is 0. The van der Waals surface area contributed by atoms with Gasteiger partial charge in [-0.1, -0.05) is 72.8 Å². The minimum absolute atomic E-state index is 0.00467. The number of nitrogens with one attached hydrogen (secondary N) is 3. The first kappa shape index (κ1) is 33.4. The summed E-state index contributed by atoms with van der Waals surface area (Å²) in [5, 5.41) is 25.2. The third-order valence-electron chi connectivity index (χ3n) is 7.05. The lowest BCUT2D eigenvalue weighted by atomic mass is 10.0. The van der Waals surface area contributed by atoms with Gasteiger partial charge in [-0.2, -0.15) is 0 Å². The number of aliphatic carboxylic acids is 1. The van der Waals surface area contributed by atoms with Gasteiger partial charge in [-0.3, -0.25) is 9.59 Å². The average Bonchev–Trinajstić information content (AvgIpc) is 3.57. The maximum atomic E-state index is 14.2. The Kier molecular flexibility index (Phi) is 12.0. The number of imide groups is 1. The molecule has 240 valence electrons. The topological polar surface area (TPSA) is 200 Å². The van der Waals surface area contributed by atoms with E-state index in [-0.39, 0.29) is 31.7 Å². The SMILES string of the molecule is N[C@@H](Cc1cnc[nH]1)C(=O)N[C@@H](Cc1ccc(O)cc1)C(=O)N(C(=O)NCc1ccccc1)[C@@H](COCc1ccccc1)C(=O)O. The van der Waals surface area contributed by atoms with Gasteiger partial charge in [0.1, 0.15) is 11.8 Å². The lowest BCUT2D eigenvalue weighted by molar-refractivity contribution is -0.151. The molecule has 3 atom stereocenters. The highest BCUT2D eigenvalue weighted by Gasteiger charge is 2.39. The molecule has 7 N–H and O–H groups in total. The van der Waals surface area contributed by atoms with E-state index in [0.717, 1.165) is 5.56 Å². The molecular formula is C33H36N6O7. The zero-order valence-electron chi connectivity index (χ0n) is 24.9. The Labute approximate surface area is 265 Å². The number of carboxylic acids is 1. The van der Waals surface area contributed by atoms with Crippen LogP contribution in [0.25, 0.3) is 0 Å². The number of H-pyrrole nitrogens is 1. The van der Waals surface area contributed by atoms with E-state index in [1.54, 1.807) is 66.7 Å². The minimum Gasteiger partial charge on any atom is -0.508 e. The molecule has 4 amide bonds. The highest BCUT2D eigenvalue weighted by atomic mass is 16.5. The smallest absolute Gasteiger partial charge is 0.329 e. The first-order valence-corrected chi connectivity index (χ1v) is 14.5. The number of carbonyl (C=O) groups excluding carboxylic acids is 3. The van der Waals surface area contributed by atoms with Crippen molar-refractivity contribution in [1.82, 2.24) is 25.5 Å². The largest absolute Gasteiger partial charge is 0.508 e. The lowest BCUT2D eigenvalue weighted by Crippen LogP contribution is -2.61. The van der Waals surface area contributed by atoms with Crippen molar-refractivity contribution in [1.29, 1.82) is 0 Å². The second kappa shape index (κ2) is 16.5. The van der Waals surface area contributed by atoms with E-state index in [2.05, 4.69) is 20.6 Å². The van der Waals surface area contributed by atoms with Gasteiger partial charge in [0.25, 0.3) is 5.91 Å². The highest BCUT2D eigenvalue weighted by molar-refractivity contribution is 6.02. The molecule has 13 heteroatoms. The summed E-state index contributed by atoms with van der Waals surface area (Å²) in [6.45, 7) is -0.479. The van der Waals surface area contributed by atoms with Gasteiger partial charge in [-0.25, -0.2) is 19.5 Å². The number of aromatic amines is 1. The maximum Gasteiger partial charge on any atom is 0.329 e. The van der Waals surface area contributed by atoms with Gasteiger partial charge in [0.05, 0.1) is 25.6 Å². The first-order valence-electron chi connectivity index (χ1n) is 14.5. The van der Waals surface area contributed by atoms with Gasteiger partial charge in [0.2, 0.25) is 5.91 Å². The number of phenolic OH excluding ortho intramolecular Hbond substituents is 1. The van der Waals surface area contributed by atoms with Crippen molar-refractivity contribution in [2.24, 2.45) is 5.73 Å². The van der Waals surface area contributed by atoms with Crippen LogP contribution in [0.15, 0.2) is 97.5 Å². The van der Waals surface area contributed by atoms with Crippen LogP contribution >= 0.6 is 0 Å². The summed E-state index contributed by atoms with van der Waals surface area (Å²) in [5.41, 5.74) is 8.73. The number of hydrogen-bond donors (Lipinski definition) is 6. The number of aromatic nitrogens is 2. The van der Waals surface area contributed by atoms with Gasteiger partial charge in [0.15, 0.2) is 6.04 Å². The molecule has 0 radical (unpaired) electrons. The summed E-state index contributed by atoms with van der Waals surface area (Å²) in [6, 6.07) is 18.5. The standard InChI is InChI=1S/C33H36N6O7/c34-27(16-25-18-35-21-37-25)30(41)38-28(15-22-11-13-26(40)14-12-22)31(42)39(33(45)36-17-23-7-3-1-4-8-23)29(32(43)44)20-46-19-24-9-5-2-6-10-24/h1-14,18,21,27-29,40H,15-17,19-20,34H2,(H,35,37)(H,36,45)(H,38,41)(H,43,44)/t27-,28-,29-/m0/s1. The zero-order chi connectivity index (χ0) is 32.9. The number of amides is 4. The van der Waals surface area contributed by atoms with Crippen molar-refractivity contribution >= 4 is 23.8 Å². The van der Waals surface area contributed by atoms with Crippen LogP contribution in [0.2, 0.25) is 0 Å². The van der Waals surface area contributed by atoms with Crippen LogP contribution < -0.4 is 16.4 Å². The van der Waals surface area contributed by atoms with E-state index in [9.17, 15) is 29.4 Å². The Bertz CT molecular complexity index is 1570. The molecule has 1 heterocycles. The average molecular weight is 629 g/mol. The molecule has 1 aromatic heterocycles. The number of carbonyl (C=O) groups is 4. The fourth-order valence-electron chi connectivity index (χ4n) is 4.61. The van der Waals surface area contributed by atoms with Crippen molar-refractivity contribution in [3.05, 3.63) is 120 Å². The van der Waals surface area contributed by atoms with Crippen molar-refractivity contribution in [3.8, 4) is 5.75 Å². The summed E-state index contributed by atoms with van der Waals surface area (Å²) in [7, 11) is 0. The molecule has 0 bridgehead atoms. The number of hydrogen-bond acceptors (Lipinski definition) is 8. The van der Waals surface area contributed by atoms with E-state index in [1.165, 1.54) is 24.7 Å². The zero-order valence-corrected chi connectivity index (χ0v) is 24.9. The van der Waals surface area contributed by atoms with Gasteiger partial charge in [-0.15, -0.1) is 0 Å². The molecule has 0 aliphatic carbocycles. The molecule has 0 unspecified atom stereocenters. The Morgan fingerprint density at radius 2 is 1.54 bits per heavy atom. The lowest BCUT2D eigenvalue weighted by Gasteiger charge is -2.31. The molecule has 0 aliphatic rings. The van der Waals surface area contributed by atoms with Crippen LogP contribution in [0.1, 0.15) is 22.4 Å². The molecule has 4 aromatic rings. The second-order valence-corrected chi connectivity index (χ2v) is 10.5. The maximum absolute atomic E-state index is 14.2. The molecule has 0 saturated heterocycles. The van der Waals surface area contributed by atoms with E-state index in [4.69, 9.17) is 10.5 Å². The quantitative estimate of drug-likeness (QED) is 0.114. The molecule has 0 fully saturated rings. The summed E-state index contributed by atoms with van der Waals surface area (Å²) in [4.78, 5) is 61.1. The third-order valence-corrected chi connectivity index (χ3v) is 7.05. The van der Waals surface area contributed by atoms with Crippen molar-refractivity contribution in [2.45, 2.75) is 44.1 Å². The van der Waals surface area contributed by atoms with Crippen LogP contribution in [0.3, 0.4) is 0 Å². The molecule has 13 nitrogen and oxygen atoms in total. The number of phenols is 1. The number of nitrogens with zero attached hydrogens (tertiary/aromatic N) is 2. The molecule has 0 aliphatic heterocycles. The molecule has 4 rings (SSSR count). The number of benzene rings is 3. The van der Waals surface area contributed by atoms with Crippen molar-refractivity contribution in [2.75, 3.05) is 6.61 Å². The van der Waals surface area contributed by atoms with E-state index in [1.807, 2.05) is 6.07 Å². The highest BCUT2D eigenvalue weighted by Crippen LogP contribution is 2.15. The normalized spacial score (nSPS) is 12.8. The van der Waals surface area contributed by atoms with Crippen LogP contribution in [0, 0.1) is 0 Å². The second-order valence-electron chi connectivity index (χ2n) is 10.5. The fraction of sp³-hybridized carbons (Fsp3) is 0.242. The predicted molar refractivity (Wildman–Crippen MR) is 167 cm³/mol. The van der Waals surface area contributed by atoms with Crippen LogP contribution in [-0.4, -0.2) is 73.6 Å². The molecule has 0 spiro atoms. The molecule has 46 heavy (non-hydrogen) atoms. The minimum atomic E-state index is -1.75. The van der Waals surface area contributed by atoms with Crippen LogP contribution in [0.5, 0.6) is 5.75 Å². The van der Waals surface area contributed by atoms with Crippen molar-refractivity contribution in [3.63, 3.8) is 0 Å². The van der Waals surface area contributed by atoms with Crippen LogP contribution in [-0.2, 0) is 45.1 Å². The number of ether oxygens (including phenoxy) is 1. The number of aromatic hydroxyl groups is 1. The van der Waals surface area contributed by atoms with Crippen molar-refractivity contribution < 1.29 is 34.1 Å². The van der Waals surface area contributed by atoms with Gasteiger partial charge in [0, 0.05) is 31.3 Å². The Balaban J connectivity index is 1.62. The Hall–Kier alpha value is -5.53.